The van der Waals surface area contributed by atoms with Crippen molar-refractivity contribution in [2.75, 3.05) is 5.73 Å². The molecule has 2 rings (SSSR count). The van der Waals surface area contributed by atoms with Crippen molar-refractivity contribution in [1.82, 2.24) is 4.98 Å². The molecule has 0 atom stereocenters. The summed E-state index contributed by atoms with van der Waals surface area (Å²) in [6.07, 6.45) is 1.72. The van der Waals surface area contributed by atoms with E-state index >= 15 is 0 Å². The summed E-state index contributed by atoms with van der Waals surface area (Å²) in [7, 11) is 0. The fourth-order valence-electron chi connectivity index (χ4n) is 1.41. The number of nitrogens with zero attached hydrogens (tertiary/aromatic N) is 1. The molecule has 0 aliphatic heterocycles. The quantitative estimate of drug-likeness (QED) is 0.781. The van der Waals surface area contributed by atoms with Gasteiger partial charge in [-0.2, -0.15) is 0 Å². The van der Waals surface area contributed by atoms with Crippen molar-refractivity contribution in [2.45, 2.75) is 13.8 Å². The fourth-order valence-corrected chi connectivity index (χ4v) is 1.41. The minimum Gasteiger partial charge on any atom is -0.437 e. The monoisotopic (exact) mass is 214 g/mol. The number of anilines is 1. The molecule has 0 saturated heterocycles. The van der Waals surface area contributed by atoms with Crippen LogP contribution >= 0.6 is 0 Å². The van der Waals surface area contributed by atoms with Crippen molar-refractivity contribution in [2.24, 2.45) is 0 Å². The first-order valence-electron chi connectivity index (χ1n) is 5.12. The molecule has 16 heavy (non-hydrogen) atoms. The Labute approximate surface area is 94.9 Å². The Bertz CT molecular complexity index is 509. The van der Waals surface area contributed by atoms with Crippen molar-refractivity contribution in [1.29, 1.82) is 0 Å². The van der Waals surface area contributed by atoms with Gasteiger partial charge in [0.05, 0.1) is 5.69 Å². The number of nitrogens with two attached hydrogens (primary N) is 1. The minimum absolute atomic E-state index is 0.567. The Balaban J connectivity index is 2.30. The van der Waals surface area contributed by atoms with Gasteiger partial charge < -0.3 is 10.5 Å². The highest BCUT2D eigenvalue weighted by atomic mass is 16.5. The van der Waals surface area contributed by atoms with Crippen LogP contribution < -0.4 is 10.5 Å². The average Bonchev–Trinajstić information content (AvgIpc) is 2.24. The Morgan fingerprint density at radius 2 is 1.81 bits per heavy atom. The number of ether oxygens (including phenoxy) is 1. The molecule has 82 valence electrons. The average molecular weight is 214 g/mol. The van der Waals surface area contributed by atoms with Crippen LogP contribution in [-0.2, 0) is 0 Å². The summed E-state index contributed by atoms with van der Waals surface area (Å²) >= 11 is 0. The molecule has 0 amide bonds. The Kier molecular flexibility index (Phi) is 2.77. The predicted molar refractivity (Wildman–Crippen MR) is 64.6 cm³/mol. The summed E-state index contributed by atoms with van der Waals surface area (Å²) in [6.45, 7) is 3.99. The molecular formula is C13H14N2O. The number of pyridine rings is 1. The maximum atomic E-state index is 5.82. The van der Waals surface area contributed by atoms with Crippen molar-refractivity contribution in [3.63, 3.8) is 0 Å². The lowest BCUT2D eigenvalue weighted by atomic mass is 10.2. The molecule has 0 spiro atoms. The van der Waals surface area contributed by atoms with E-state index in [4.69, 9.17) is 10.5 Å². The summed E-state index contributed by atoms with van der Waals surface area (Å²) in [5.74, 6) is 1.22. The van der Waals surface area contributed by atoms with E-state index in [0.29, 0.717) is 17.3 Å². The number of aryl methyl sites for hydroxylation is 2. The van der Waals surface area contributed by atoms with E-state index in [0.717, 1.165) is 11.1 Å². The molecule has 0 saturated carbocycles. The lowest BCUT2D eigenvalue weighted by molar-refractivity contribution is 0.464. The van der Waals surface area contributed by atoms with Gasteiger partial charge in [-0.15, -0.1) is 0 Å². The fraction of sp³-hybridized carbons (Fsp3) is 0.154. The molecule has 3 nitrogen and oxygen atoms in total. The molecule has 0 fully saturated rings. The summed E-state index contributed by atoms with van der Waals surface area (Å²) in [5.41, 5.74) is 8.66. The zero-order chi connectivity index (χ0) is 11.5. The normalized spacial score (nSPS) is 10.1. The summed E-state index contributed by atoms with van der Waals surface area (Å²) in [6, 6.07) is 9.49. The van der Waals surface area contributed by atoms with E-state index in [9.17, 15) is 0 Å². The first-order valence-corrected chi connectivity index (χ1v) is 5.12. The largest absolute Gasteiger partial charge is 0.437 e. The lowest BCUT2D eigenvalue weighted by Gasteiger charge is -2.08. The van der Waals surface area contributed by atoms with Gasteiger partial charge in [0.25, 0.3) is 0 Å². The highest BCUT2D eigenvalue weighted by Gasteiger charge is 2.03. The van der Waals surface area contributed by atoms with E-state index in [-0.39, 0.29) is 0 Å². The van der Waals surface area contributed by atoms with Gasteiger partial charge in [-0.25, -0.2) is 4.98 Å². The van der Waals surface area contributed by atoms with Crippen LogP contribution in [0, 0.1) is 13.8 Å². The molecule has 2 N–H and O–H groups in total. The van der Waals surface area contributed by atoms with Gasteiger partial charge in [0.2, 0.25) is 5.88 Å². The van der Waals surface area contributed by atoms with Gasteiger partial charge in [0.15, 0.2) is 5.75 Å². The maximum Gasteiger partial charge on any atom is 0.219 e. The molecule has 1 aromatic heterocycles. The second kappa shape index (κ2) is 4.23. The molecular weight excluding hydrogens is 200 g/mol. The van der Waals surface area contributed by atoms with Crippen LogP contribution in [0.5, 0.6) is 11.6 Å². The van der Waals surface area contributed by atoms with Gasteiger partial charge in [0.1, 0.15) is 0 Å². The van der Waals surface area contributed by atoms with E-state index in [2.05, 4.69) is 4.98 Å². The standard InChI is InChI=1S/C13H14N2O/c1-9-3-4-11(14)12(7-9)16-13-8-10(2)5-6-15-13/h3-8H,14H2,1-2H3. The Morgan fingerprint density at radius 1 is 1.06 bits per heavy atom. The predicted octanol–water partition coefficient (Wildman–Crippen LogP) is 3.07. The van der Waals surface area contributed by atoms with Gasteiger partial charge >= 0.3 is 0 Å². The van der Waals surface area contributed by atoms with Crippen LogP contribution in [0.15, 0.2) is 36.5 Å². The minimum atomic E-state index is 0.567. The number of hydrogen-bond donors (Lipinski definition) is 1. The van der Waals surface area contributed by atoms with Crippen molar-refractivity contribution < 1.29 is 4.74 Å². The number of aromatic nitrogens is 1. The highest BCUT2D eigenvalue weighted by molar-refractivity contribution is 5.54. The third-order valence-electron chi connectivity index (χ3n) is 2.27. The molecule has 0 bridgehead atoms. The smallest absolute Gasteiger partial charge is 0.219 e. The molecule has 3 heteroatoms. The van der Waals surface area contributed by atoms with Crippen molar-refractivity contribution in [3.05, 3.63) is 47.7 Å². The van der Waals surface area contributed by atoms with Crippen molar-refractivity contribution in [3.8, 4) is 11.6 Å². The van der Waals surface area contributed by atoms with Crippen LogP contribution in [-0.4, -0.2) is 4.98 Å². The second-order valence-corrected chi connectivity index (χ2v) is 3.81. The zero-order valence-electron chi connectivity index (χ0n) is 9.40. The van der Waals surface area contributed by atoms with E-state index in [1.807, 2.05) is 44.2 Å². The summed E-state index contributed by atoms with van der Waals surface area (Å²) < 4.78 is 5.63. The molecule has 0 radical (unpaired) electrons. The Hall–Kier alpha value is -2.03. The van der Waals surface area contributed by atoms with Gasteiger partial charge in [-0.3, -0.25) is 0 Å². The SMILES string of the molecule is Cc1ccnc(Oc2cc(C)ccc2N)c1. The van der Waals surface area contributed by atoms with Crippen LogP contribution in [0.2, 0.25) is 0 Å². The third kappa shape index (κ3) is 2.31. The van der Waals surface area contributed by atoms with E-state index in [1.165, 1.54) is 0 Å². The maximum absolute atomic E-state index is 5.82. The Morgan fingerprint density at radius 3 is 2.56 bits per heavy atom. The first-order chi connectivity index (χ1) is 7.65. The summed E-state index contributed by atoms with van der Waals surface area (Å²) in [4.78, 5) is 4.13. The van der Waals surface area contributed by atoms with Gasteiger partial charge in [-0.1, -0.05) is 6.07 Å². The molecule has 0 aliphatic carbocycles. The van der Waals surface area contributed by atoms with Gasteiger partial charge in [0, 0.05) is 12.3 Å². The molecule has 1 aromatic carbocycles. The third-order valence-corrected chi connectivity index (χ3v) is 2.27. The zero-order valence-corrected chi connectivity index (χ0v) is 9.40. The van der Waals surface area contributed by atoms with Crippen molar-refractivity contribution >= 4 is 5.69 Å². The van der Waals surface area contributed by atoms with Crippen LogP contribution in [0.1, 0.15) is 11.1 Å². The second-order valence-electron chi connectivity index (χ2n) is 3.81. The molecule has 2 aromatic rings. The highest BCUT2D eigenvalue weighted by Crippen LogP contribution is 2.27. The lowest BCUT2D eigenvalue weighted by Crippen LogP contribution is -1.94. The van der Waals surface area contributed by atoms with E-state index in [1.54, 1.807) is 6.20 Å². The molecule has 1 heterocycles. The number of nitrogen functional groups attached to an aromatic ring is 1. The number of benzene rings is 1. The number of hydrogen-bond acceptors (Lipinski definition) is 3. The first kappa shape index (κ1) is 10.5. The topological polar surface area (TPSA) is 48.1 Å². The molecule has 0 aliphatic rings. The van der Waals surface area contributed by atoms with Crippen LogP contribution in [0.4, 0.5) is 5.69 Å². The van der Waals surface area contributed by atoms with E-state index < -0.39 is 0 Å². The summed E-state index contributed by atoms with van der Waals surface area (Å²) in [5, 5.41) is 0. The number of rotatable bonds is 2. The molecule has 0 unspecified atom stereocenters. The van der Waals surface area contributed by atoms with Crippen LogP contribution in [0.25, 0.3) is 0 Å². The van der Waals surface area contributed by atoms with Crippen LogP contribution in [0.3, 0.4) is 0 Å². The van der Waals surface area contributed by atoms with Gasteiger partial charge in [-0.05, 0) is 43.2 Å².